The number of hydrogen-bond donors (Lipinski definition) is 2. The van der Waals surface area contributed by atoms with E-state index in [2.05, 4.69) is 6.58 Å². The van der Waals surface area contributed by atoms with E-state index in [-0.39, 0.29) is 24.3 Å². The molecule has 5 rings (SSSR count). The minimum Gasteiger partial charge on any atom is -0.493 e. The lowest BCUT2D eigenvalue weighted by molar-refractivity contribution is -0.0802. The highest BCUT2D eigenvalue weighted by Crippen LogP contribution is 2.51. The van der Waals surface area contributed by atoms with Gasteiger partial charge in [0.15, 0.2) is 23.2 Å². The van der Waals surface area contributed by atoms with E-state index < -0.39 is 23.6 Å². The van der Waals surface area contributed by atoms with Crippen LogP contribution < -0.4 is 23.7 Å². The molecule has 3 aliphatic heterocycles. The standard InChI is InChI=1S/C23H22O8/c1-11(9-24)16-6-13-15(30-16)5-4-12-21(13)31-20-10-29-17-8-19(28-3)18(27-2)7-14(17)23(20,26)22(12)25/h4-5,7-8,16,20,24,26H,1,6,9-10H2,2-3H3/t16-,20?,23-/m1/s1. The fraction of sp³-hybridized carbons (Fsp3) is 0.348. The average Bonchev–Trinajstić information content (AvgIpc) is 3.23. The van der Waals surface area contributed by atoms with Crippen LogP contribution in [-0.2, 0) is 12.0 Å². The molecule has 2 N–H and O–H groups in total. The maximum absolute atomic E-state index is 13.6. The minimum absolute atomic E-state index is 0.0263. The third kappa shape index (κ3) is 2.65. The van der Waals surface area contributed by atoms with E-state index in [1.54, 1.807) is 24.3 Å². The summed E-state index contributed by atoms with van der Waals surface area (Å²) >= 11 is 0. The Bertz CT molecular complexity index is 1110. The number of Topliss-reactive ketones (excluding diaryl/α,β-unsaturated/α-hetero) is 1. The monoisotopic (exact) mass is 426 g/mol. The molecule has 0 spiro atoms. The normalized spacial score (nSPS) is 25.1. The molecule has 8 nitrogen and oxygen atoms in total. The Labute approximate surface area is 178 Å². The molecule has 0 aliphatic carbocycles. The summed E-state index contributed by atoms with van der Waals surface area (Å²) in [6, 6.07) is 6.40. The van der Waals surface area contributed by atoms with Gasteiger partial charge in [-0.1, -0.05) is 6.58 Å². The molecule has 3 atom stereocenters. The van der Waals surface area contributed by atoms with Crippen LogP contribution in [-0.4, -0.2) is 55.6 Å². The third-order valence-electron chi connectivity index (χ3n) is 6.14. The summed E-state index contributed by atoms with van der Waals surface area (Å²) in [7, 11) is 2.97. The SMILES string of the molecule is C=C(CO)[C@H]1Cc2c(ccc3c2OC2COc4cc(OC)c(OC)cc4[C@]2(O)C3=O)O1. The molecule has 0 amide bonds. The van der Waals surface area contributed by atoms with Crippen molar-refractivity contribution in [1.82, 2.24) is 0 Å². The zero-order valence-electron chi connectivity index (χ0n) is 17.1. The first-order valence-corrected chi connectivity index (χ1v) is 9.86. The summed E-state index contributed by atoms with van der Waals surface area (Å²) in [4.78, 5) is 13.6. The van der Waals surface area contributed by atoms with Gasteiger partial charge >= 0.3 is 0 Å². The van der Waals surface area contributed by atoms with E-state index in [1.165, 1.54) is 14.2 Å². The Morgan fingerprint density at radius 2 is 1.94 bits per heavy atom. The highest BCUT2D eigenvalue weighted by molar-refractivity contribution is 6.07. The van der Waals surface area contributed by atoms with Gasteiger partial charge in [-0.05, 0) is 23.8 Å². The second kappa shape index (κ2) is 6.90. The molecule has 0 saturated carbocycles. The van der Waals surface area contributed by atoms with Gasteiger partial charge < -0.3 is 33.9 Å². The lowest BCUT2D eigenvalue weighted by atomic mass is 9.77. The Morgan fingerprint density at radius 1 is 1.19 bits per heavy atom. The lowest BCUT2D eigenvalue weighted by Crippen LogP contribution is -2.57. The number of ether oxygens (including phenoxy) is 5. The van der Waals surface area contributed by atoms with E-state index in [9.17, 15) is 15.0 Å². The van der Waals surface area contributed by atoms with Crippen molar-refractivity contribution in [2.45, 2.75) is 24.2 Å². The minimum atomic E-state index is -1.94. The second-order valence-electron chi connectivity index (χ2n) is 7.76. The predicted molar refractivity (Wildman–Crippen MR) is 108 cm³/mol. The number of rotatable bonds is 4. The van der Waals surface area contributed by atoms with E-state index in [4.69, 9.17) is 23.7 Å². The molecular formula is C23H22O8. The van der Waals surface area contributed by atoms with Crippen LogP contribution in [0.4, 0.5) is 0 Å². The third-order valence-corrected chi connectivity index (χ3v) is 6.14. The zero-order valence-corrected chi connectivity index (χ0v) is 17.1. The molecular weight excluding hydrogens is 404 g/mol. The summed E-state index contributed by atoms with van der Waals surface area (Å²) in [6.45, 7) is 3.61. The fourth-order valence-electron chi connectivity index (χ4n) is 4.41. The quantitative estimate of drug-likeness (QED) is 0.714. The predicted octanol–water partition coefficient (Wildman–Crippen LogP) is 1.78. The molecule has 1 unspecified atom stereocenters. The topological polar surface area (TPSA) is 104 Å². The van der Waals surface area contributed by atoms with Crippen LogP contribution in [0.3, 0.4) is 0 Å². The number of carbonyl (C=O) groups is 1. The van der Waals surface area contributed by atoms with Crippen LogP contribution in [0.25, 0.3) is 0 Å². The van der Waals surface area contributed by atoms with Gasteiger partial charge in [0.2, 0.25) is 5.78 Å². The lowest BCUT2D eigenvalue weighted by Gasteiger charge is -2.43. The van der Waals surface area contributed by atoms with Gasteiger partial charge in [-0.25, -0.2) is 0 Å². The van der Waals surface area contributed by atoms with Crippen molar-refractivity contribution in [3.8, 4) is 28.7 Å². The molecule has 0 saturated heterocycles. The molecule has 2 aromatic rings. The maximum Gasteiger partial charge on any atom is 0.206 e. The van der Waals surface area contributed by atoms with Crippen LogP contribution in [0.15, 0.2) is 36.4 Å². The number of ketones is 1. The first-order valence-electron chi connectivity index (χ1n) is 9.86. The molecule has 3 aliphatic rings. The first-order chi connectivity index (χ1) is 14.9. The Kier molecular flexibility index (Phi) is 4.39. The van der Waals surface area contributed by atoms with E-state index in [1.807, 2.05) is 0 Å². The highest BCUT2D eigenvalue weighted by atomic mass is 16.6. The van der Waals surface area contributed by atoms with Crippen molar-refractivity contribution in [2.24, 2.45) is 0 Å². The Balaban J connectivity index is 1.61. The van der Waals surface area contributed by atoms with Gasteiger partial charge in [-0.2, -0.15) is 0 Å². The van der Waals surface area contributed by atoms with Gasteiger partial charge in [0.25, 0.3) is 0 Å². The summed E-state index contributed by atoms with van der Waals surface area (Å²) in [5.74, 6) is 1.59. The molecule has 0 aromatic heterocycles. The van der Waals surface area contributed by atoms with Crippen molar-refractivity contribution in [3.05, 3.63) is 53.1 Å². The largest absolute Gasteiger partial charge is 0.493 e. The van der Waals surface area contributed by atoms with Crippen LogP contribution in [0.1, 0.15) is 21.5 Å². The summed E-state index contributed by atoms with van der Waals surface area (Å²) < 4.78 is 28.5. The van der Waals surface area contributed by atoms with Crippen LogP contribution in [0, 0.1) is 0 Å². The number of fused-ring (bicyclic) bond motifs is 6. The van der Waals surface area contributed by atoms with Crippen LogP contribution in [0.5, 0.6) is 28.7 Å². The van der Waals surface area contributed by atoms with Crippen LogP contribution in [0.2, 0.25) is 0 Å². The van der Waals surface area contributed by atoms with Gasteiger partial charge in [0.05, 0.1) is 26.4 Å². The first kappa shape index (κ1) is 19.7. The number of methoxy groups -OCH3 is 2. The Morgan fingerprint density at radius 3 is 2.65 bits per heavy atom. The number of carbonyl (C=O) groups excluding carboxylic acids is 1. The van der Waals surface area contributed by atoms with Gasteiger partial charge in [-0.3, -0.25) is 4.79 Å². The second-order valence-corrected chi connectivity index (χ2v) is 7.76. The fourth-order valence-corrected chi connectivity index (χ4v) is 4.41. The molecule has 8 heteroatoms. The van der Waals surface area contributed by atoms with Crippen molar-refractivity contribution < 1.29 is 38.7 Å². The summed E-state index contributed by atoms with van der Waals surface area (Å²) in [6.07, 6.45) is -0.936. The van der Waals surface area contributed by atoms with Gasteiger partial charge in [0.1, 0.15) is 30.0 Å². The van der Waals surface area contributed by atoms with E-state index in [0.29, 0.717) is 46.3 Å². The van der Waals surface area contributed by atoms with Gasteiger partial charge in [-0.15, -0.1) is 0 Å². The molecule has 0 bridgehead atoms. The maximum atomic E-state index is 13.6. The number of aliphatic hydroxyl groups excluding tert-OH is 1. The number of benzene rings is 2. The van der Waals surface area contributed by atoms with Crippen LogP contribution >= 0.6 is 0 Å². The van der Waals surface area contributed by atoms with E-state index >= 15 is 0 Å². The molecule has 0 radical (unpaired) electrons. The number of aliphatic hydroxyl groups is 2. The molecule has 31 heavy (non-hydrogen) atoms. The van der Waals surface area contributed by atoms with Crippen molar-refractivity contribution in [2.75, 3.05) is 27.4 Å². The van der Waals surface area contributed by atoms with Crippen molar-refractivity contribution in [1.29, 1.82) is 0 Å². The summed E-state index contributed by atoms with van der Waals surface area (Å²) in [5.41, 5.74) is -0.161. The number of hydrogen-bond acceptors (Lipinski definition) is 8. The van der Waals surface area contributed by atoms with Crippen molar-refractivity contribution in [3.63, 3.8) is 0 Å². The van der Waals surface area contributed by atoms with Crippen molar-refractivity contribution >= 4 is 5.78 Å². The highest BCUT2D eigenvalue weighted by Gasteiger charge is 2.56. The zero-order chi connectivity index (χ0) is 21.9. The average molecular weight is 426 g/mol. The smallest absolute Gasteiger partial charge is 0.206 e. The molecule has 0 fully saturated rings. The van der Waals surface area contributed by atoms with Gasteiger partial charge in [0, 0.05) is 23.6 Å². The van der Waals surface area contributed by atoms with E-state index in [0.717, 1.165) is 0 Å². The summed E-state index contributed by atoms with van der Waals surface area (Å²) in [5, 5.41) is 21.0. The molecule has 162 valence electrons. The molecule has 3 heterocycles. The molecule has 2 aromatic carbocycles. The Hall–Kier alpha value is -3.23.